The first-order chi connectivity index (χ1) is 9.59. The number of hydrogen-bond donors (Lipinski definition) is 1. The normalized spacial score (nSPS) is 17.4. The molecule has 1 unspecified atom stereocenters. The Bertz CT molecular complexity index is 474. The molecule has 0 saturated carbocycles. The van der Waals surface area contributed by atoms with Crippen LogP contribution in [0, 0.1) is 0 Å². The number of carbonyl (C=O) groups excluding carboxylic acids is 1. The zero-order valence-electron chi connectivity index (χ0n) is 11.4. The fraction of sp³-hybridized carbons (Fsp3) is 0.500. The Kier molecular flexibility index (Phi) is 5.52. The Labute approximate surface area is 129 Å². The van der Waals surface area contributed by atoms with Gasteiger partial charge < -0.3 is 15.0 Å². The number of benzene rings is 1. The van der Waals surface area contributed by atoms with Gasteiger partial charge in [0.05, 0.1) is 5.02 Å². The molecule has 20 heavy (non-hydrogen) atoms. The van der Waals surface area contributed by atoms with Crippen LogP contribution in [0.4, 0.5) is 0 Å². The van der Waals surface area contributed by atoms with E-state index in [2.05, 4.69) is 5.32 Å². The third-order valence-corrected chi connectivity index (χ3v) is 4.02. The quantitative estimate of drug-likeness (QED) is 0.932. The van der Waals surface area contributed by atoms with Crippen molar-refractivity contribution in [2.45, 2.75) is 19.4 Å². The van der Waals surface area contributed by atoms with Gasteiger partial charge in [-0.25, -0.2) is 0 Å². The lowest BCUT2D eigenvalue weighted by molar-refractivity contribution is -0.137. The van der Waals surface area contributed by atoms with E-state index in [1.54, 1.807) is 25.1 Å². The number of nitrogens with one attached hydrogen (secondary N) is 1. The summed E-state index contributed by atoms with van der Waals surface area (Å²) in [4.78, 5) is 14.2. The third-order valence-electron chi connectivity index (χ3n) is 3.22. The molecule has 0 radical (unpaired) electrons. The van der Waals surface area contributed by atoms with Gasteiger partial charge in [-0.2, -0.15) is 0 Å². The van der Waals surface area contributed by atoms with Crippen LogP contribution in [-0.2, 0) is 4.79 Å². The van der Waals surface area contributed by atoms with Crippen molar-refractivity contribution in [1.29, 1.82) is 0 Å². The van der Waals surface area contributed by atoms with E-state index in [1.165, 1.54) is 0 Å². The second kappa shape index (κ2) is 7.16. The number of ether oxygens (including phenoxy) is 1. The molecule has 1 aliphatic heterocycles. The van der Waals surface area contributed by atoms with Crippen LogP contribution in [0.2, 0.25) is 10.0 Å². The lowest BCUT2D eigenvalue weighted by atomic mass is 10.3. The highest BCUT2D eigenvalue weighted by Gasteiger charge is 2.23. The molecule has 6 heteroatoms. The average molecular weight is 317 g/mol. The summed E-state index contributed by atoms with van der Waals surface area (Å²) in [5.41, 5.74) is 0. The van der Waals surface area contributed by atoms with Crippen LogP contribution in [-0.4, -0.2) is 43.1 Å². The number of nitrogens with zero attached hydrogens (tertiary/aromatic N) is 1. The molecular weight excluding hydrogens is 299 g/mol. The van der Waals surface area contributed by atoms with Gasteiger partial charge in [0.2, 0.25) is 0 Å². The second-order valence-corrected chi connectivity index (χ2v) is 5.53. The highest BCUT2D eigenvalue weighted by Crippen LogP contribution is 2.32. The molecule has 110 valence electrons. The van der Waals surface area contributed by atoms with E-state index >= 15 is 0 Å². The zero-order chi connectivity index (χ0) is 14.5. The Morgan fingerprint density at radius 3 is 2.95 bits per heavy atom. The van der Waals surface area contributed by atoms with Crippen LogP contribution in [0.5, 0.6) is 5.75 Å². The molecule has 0 aromatic heterocycles. The number of halogens is 2. The number of hydrogen-bond acceptors (Lipinski definition) is 3. The summed E-state index contributed by atoms with van der Waals surface area (Å²) in [5, 5.41) is 4.02. The van der Waals surface area contributed by atoms with Crippen molar-refractivity contribution < 1.29 is 9.53 Å². The van der Waals surface area contributed by atoms with Gasteiger partial charge in [-0.3, -0.25) is 4.79 Å². The summed E-state index contributed by atoms with van der Waals surface area (Å²) >= 11 is 12.0. The molecule has 0 spiro atoms. The summed E-state index contributed by atoms with van der Waals surface area (Å²) in [6.45, 7) is 4.95. The molecule has 1 N–H and O–H groups in total. The van der Waals surface area contributed by atoms with Crippen LogP contribution in [0.1, 0.15) is 13.3 Å². The third kappa shape index (κ3) is 3.78. The van der Waals surface area contributed by atoms with E-state index in [-0.39, 0.29) is 5.91 Å². The maximum atomic E-state index is 12.3. The first-order valence-corrected chi connectivity index (χ1v) is 7.45. The standard InChI is InChI=1S/C14H18Cl2N2O2/c1-10(14(19)18-8-3-6-17-7-9-18)20-12-5-2-4-11(15)13(12)16/h2,4-5,10,17H,3,6-9H2,1H3. The van der Waals surface area contributed by atoms with Gasteiger partial charge in [-0.15, -0.1) is 0 Å². The van der Waals surface area contributed by atoms with Crippen LogP contribution < -0.4 is 10.1 Å². The van der Waals surface area contributed by atoms with Gasteiger partial charge in [0, 0.05) is 19.6 Å². The monoisotopic (exact) mass is 316 g/mol. The molecule has 1 aromatic rings. The van der Waals surface area contributed by atoms with Crippen molar-refractivity contribution in [3.8, 4) is 5.75 Å². The van der Waals surface area contributed by atoms with Gasteiger partial charge in [0.25, 0.3) is 5.91 Å². The van der Waals surface area contributed by atoms with E-state index in [9.17, 15) is 4.79 Å². The molecule has 4 nitrogen and oxygen atoms in total. The van der Waals surface area contributed by atoms with E-state index in [1.807, 2.05) is 4.90 Å². The van der Waals surface area contributed by atoms with Crippen molar-refractivity contribution >= 4 is 29.1 Å². The van der Waals surface area contributed by atoms with Crippen LogP contribution in [0.3, 0.4) is 0 Å². The number of carbonyl (C=O) groups is 1. The maximum absolute atomic E-state index is 12.3. The molecule has 2 rings (SSSR count). The molecule has 0 bridgehead atoms. The fourth-order valence-corrected chi connectivity index (χ4v) is 2.48. The summed E-state index contributed by atoms with van der Waals surface area (Å²) in [5.74, 6) is 0.415. The van der Waals surface area contributed by atoms with E-state index in [4.69, 9.17) is 27.9 Å². The SMILES string of the molecule is CC(Oc1cccc(Cl)c1Cl)C(=O)N1CCCNCC1. The van der Waals surface area contributed by atoms with Gasteiger partial charge in [0.15, 0.2) is 6.10 Å². The van der Waals surface area contributed by atoms with Crippen molar-refractivity contribution in [3.63, 3.8) is 0 Å². The van der Waals surface area contributed by atoms with Crippen molar-refractivity contribution in [2.24, 2.45) is 0 Å². The minimum atomic E-state index is -0.580. The minimum absolute atomic E-state index is 0.0234. The molecule has 1 aliphatic rings. The predicted molar refractivity (Wildman–Crippen MR) is 80.6 cm³/mol. The largest absolute Gasteiger partial charge is 0.479 e. The summed E-state index contributed by atoms with van der Waals surface area (Å²) in [7, 11) is 0. The molecular formula is C14H18Cl2N2O2. The van der Waals surface area contributed by atoms with Gasteiger partial charge in [-0.1, -0.05) is 29.3 Å². The summed E-state index contributed by atoms with van der Waals surface area (Å²) < 4.78 is 5.65. The van der Waals surface area contributed by atoms with Crippen LogP contribution in [0.25, 0.3) is 0 Å². The van der Waals surface area contributed by atoms with E-state index in [0.717, 1.165) is 26.1 Å². The lowest BCUT2D eigenvalue weighted by Gasteiger charge is -2.24. The van der Waals surface area contributed by atoms with Crippen LogP contribution in [0.15, 0.2) is 18.2 Å². The van der Waals surface area contributed by atoms with Crippen LogP contribution >= 0.6 is 23.2 Å². The molecule has 0 aliphatic carbocycles. The zero-order valence-corrected chi connectivity index (χ0v) is 12.9. The number of amides is 1. The molecule has 1 atom stereocenters. The van der Waals surface area contributed by atoms with Gasteiger partial charge in [-0.05, 0) is 32.0 Å². The fourth-order valence-electron chi connectivity index (χ4n) is 2.14. The average Bonchev–Trinajstić information content (AvgIpc) is 2.72. The lowest BCUT2D eigenvalue weighted by Crippen LogP contribution is -2.42. The van der Waals surface area contributed by atoms with E-state index in [0.29, 0.717) is 22.3 Å². The minimum Gasteiger partial charge on any atom is -0.479 e. The van der Waals surface area contributed by atoms with Crippen molar-refractivity contribution in [1.82, 2.24) is 10.2 Å². The maximum Gasteiger partial charge on any atom is 0.263 e. The van der Waals surface area contributed by atoms with E-state index < -0.39 is 6.10 Å². The number of rotatable bonds is 3. The Balaban J connectivity index is 2.01. The summed E-state index contributed by atoms with van der Waals surface area (Å²) in [6.07, 6.45) is 0.375. The molecule has 1 saturated heterocycles. The first kappa shape index (κ1) is 15.4. The first-order valence-electron chi connectivity index (χ1n) is 6.70. The molecule has 1 amide bonds. The van der Waals surface area contributed by atoms with Crippen molar-refractivity contribution in [2.75, 3.05) is 26.2 Å². The highest BCUT2D eigenvalue weighted by molar-refractivity contribution is 6.42. The molecule has 1 aromatic carbocycles. The van der Waals surface area contributed by atoms with Gasteiger partial charge >= 0.3 is 0 Å². The highest BCUT2D eigenvalue weighted by atomic mass is 35.5. The smallest absolute Gasteiger partial charge is 0.263 e. The predicted octanol–water partition coefficient (Wildman–Crippen LogP) is 2.58. The Morgan fingerprint density at radius 2 is 2.15 bits per heavy atom. The molecule has 1 heterocycles. The Hall–Kier alpha value is -0.970. The van der Waals surface area contributed by atoms with Gasteiger partial charge in [0.1, 0.15) is 10.8 Å². The molecule has 1 fully saturated rings. The summed E-state index contributed by atoms with van der Waals surface area (Å²) in [6, 6.07) is 5.14. The topological polar surface area (TPSA) is 41.6 Å². The Morgan fingerprint density at radius 1 is 1.35 bits per heavy atom. The second-order valence-electron chi connectivity index (χ2n) is 4.74. The van der Waals surface area contributed by atoms with Crippen molar-refractivity contribution in [3.05, 3.63) is 28.2 Å².